The smallest absolute Gasteiger partial charge is 0.382 e. The Bertz CT molecular complexity index is 1630. The minimum absolute atomic E-state index is 0.0111. The first-order valence-corrected chi connectivity index (χ1v) is 15.5. The van der Waals surface area contributed by atoms with Crippen LogP contribution in [0.1, 0.15) is 25.3 Å². The summed E-state index contributed by atoms with van der Waals surface area (Å²) in [6.07, 6.45) is -0.598. The van der Waals surface area contributed by atoms with E-state index in [0.29, 0.717) is 22.3 Å². The Morgan fingerprint density at radius 2 is 1.12 bits per heavy atom. The Morgan fingerprint density at radius 3 is 1.55 bits per heavy atom. The molecular formula is C20H24N10O10P2. The van der Waals surface area contributed by atoms with E-state index in [0.717, 1.165) is 0 Å². The number of fused-ring (bicyclic) bond motifs is 4. The molecule has 42 heavy (non-hydrogen) atoms. The van der Waals surface area contributed by atoms with Crippen molar-refractivity contribution in [1.29, 1.82) is 0 Å². The van der Waals surface area contributed by atoms with E-state index in [2.05, 4.69) is 29.9 Å². The molecule has 0 amide bonds. The summed E-state index contributed by atoms with van der Waals surface area (Å²) in [4.78, 5) is 45.7. The molecule has 3 aliphatic rings. The van der Waals surface area contributed by atoms with Gasteiger partial charge < -0.3 is 30.7 Å². The molecule has 4 aromatic heterocycles. The number of aromatic nitrogens is 8. The van der Waals surface area contributed by atoms with Crippen molar-refractivity contribution in [3.63, 3.8) is 0 Å². The van der Waals surface area contributed by atoms with E-state index < -0.39 is 65.7 Å². The number of nitrogens with two attached hydrogens (primary N) is 2. The highest BCUT2D eigenvalue weighted by atomic mass is 31.2. The van der Waals surface area contributed by atoms with Crippen molar-refractivity contribution >= 4 is 49.6 Å². The van der Waals surface area contributed by atoms with Crippen molar-refractivity contribution in [1.82, 2.24) is 39.0 Å². The van der Waals surface area contributed by atoms with E-state index in [-0.39, 0.29) is 24.5 Å². The molecule has 6 N–H and O–H groups in total. The fraction of sp³-hybridized carbons (Fsp3) is 0.500. The highest BCUT2D eigenvalue weighted by Crippen LogP contribution is 2.53. The fourth-order valence-corrected chi connectivity index (χ4v) is 7.08. The monoisotopic (exact) mass is 626 g/mol. The second kappa shape index (κ2) is 10.2. The molecule has 7 rings (SSSR count). The molecule has 3 fully saturated rings. The summed E-state index contributed by atoms with van der Waals surface area (Å²) in [6.45, 7) is -1.05. The van der Waals surface area contributed by atoms with Gasteiger partial charge in [0.05, 0.1) is 25.9 Å². The predicted octanol–water partition coefficient (Wildman–Crippen LogP) is 0.424. The summed E-state index contributed by atoms with van der Waals surface area (Å²) in [7, 11) is -9.41. The average Bonchev–Trinajstić information content (AvgIpc) is 3.71. The van der Waals surface area contributed by atoms with Crippen LogP contribution in [0, 0.1) is 0 Å². The van der Waals surface area contributed by atoms with E-state index in [1.165, 1.54) is 34.4 Å². The zero-order valence-electron chi connectivity index (χ0n) is 21.4. The second-order valence-corrected chi connectivity index (χ2v) is 12.5. The fourth-order valence-electron chi connectivity index (χ4n) is 5.16. The Balaban J connectivity index is 1.12. The van der Waals surface area contributed by atoms with Gasteiger partial charge in [0.15, 0.2) is 22.9 Å². The summed E-state index contributed by atoms with van der Waals surface area (Å²) in [5.74, 6) is 0.311. The maximum absolute atomic E-state index is 13.0. The van der Waals surface area contributed by atoms with Gasteiger partial charge in [0.1, 0.15) is 60.6 Å². The minimum atomic E-state index is -4.70. The van der Waals surface area contributed by atoms with Gasteiger partial charge in [0, 0.05) is 12.8 Å². The predicted molar refractivity (Wildman–Crippen MR) is 138 cm³/mol. The third-order valence-corrected chi connectivity index (χ3v) is 9.12. The quantitative estimate of drug-likeness (QED) is 0.219. The molecule has 3 aliphatic heterocycles. The number of ether oxygens (including phenoxy) is 2. The van der Waals surface area contributed by atoms with Crippen LogP contribution in [0.25, 0.3) is 22.3 Å². The van der Waals surface area contributed by atoms with Crippen molar-refractivity contribution in [2.45, 2.75) is 49.7 Å². The molecule has 0 aromatic carbocycles. The van der Waals surface area contributed by atoms with Crippen molar-refractivity contribution in [3.8, 4) is 0 Å². The lowest BCUT2D eigenvalue weighted by Crippen LogP contribution is -2.32. The van der Waals surface area contributed by atoms with Crippen LogP contribution in [-0.2, 0) is 36.7 Å². The Hall–Kier alpha value is -3.16. The number of hydrogen-bond donors (Lipinski definition) is 4. The first kappa shape index (κ1) is 27.7. The van der Waals surface area contributed by atoms with Gasteiger partial charge in [-0.15, -0.1) is 0 Å². The first-order valence-electron chi connectivity index (χ1n) is 12.6. The van der Waals surface area contributed by atoms with Gasteiger partial charge in [-0.05, 0) is 0 Å². The van der Waals surface area contributed by atoms with E-state index in [9.17, 15) is 18.9 Å². The summed E-state index contributed by atoms with van der Waals surface area (Å²) in [6, 6.07) is 0. The lowest BCUT2D eigenvalue weighted by Gasteiger charge is -2.26. The molecule has 8 atom stereocenters. The molecular weight excluding hydrogens is 602 g/mol. The minimum Gasteiger partial charge on any atom is -0.382 e. The number of nitrogens with zero attached hydrogens (tertiary/aromatic N) is 8. The van der Waals surface area contributed by atoms with E-state index in [4.69, 9.17) is 39.0 Å². The zero-order chi connectivity index (χ0) is 29.2. The van der Waals surface area contributed by atoms with Gasteiger partial charge in [-0.25, -0.2) is 39.0 Å². The van der Waals surface area contributed by atoms with Crippen LogP contribution in [0.3, 0.4) is 0 Å². The van der Waals surface area contributed by atoms with E-state index in [1.54, 1.807) is 0 Å². The van der Waals surface area contributed by atoms with Gasteiger partial charge in [-0.3, -0.25) is 27.2 Å². The van der Waals surface area contributed by atoms with Gasteiger partial charge in [-0.2, -0.15) is 0 Å². The Morgan fingerprint density at radius 1 is 0.690 bits per heavy atom. The third kappa shape index (κ3) is 5.05. The molecule has 0 bridgehead atoms. The molecule has 0 radical (unpaired) electrons. The van der Waals surface area contributed by atoms with E-state index in [1.807, 2.05) is 0 Å². The molecule has 3 unspecified atom stereocenters. The zero-order valence-corrected chi connectivity index (χ0v) is 23.2. The molecule has 0 spiro atoms. The highest BCUT2D eigenvalue weighted by Gasteiger charge is 2.47. The highest BCUT2D eigenvalue weighted by molar-refractivity contribution is 7.47. The summed E-state index contributed by atoms with van der Waals surface area (Å²) < 4.78 is 62.5. The molecule has 224 valence electrons. The molecule has 7 heterocycles. The third-order valence-electron chi connectivity index (χ3n) is 7.10. The molecule has 3 saturated heterocycles. The Labute approximate surface area is 235 Å². The topological polar surface area (TPSA) is 269 Å². The number of phosphoric ester groups is 2. The Kier molecular flexibility index (Phi) is 6.74. The number of hydrogen-bond acceptors (Lipinski definition) is 16. The van der Waals surface area contributed by atoms with Crippen LogP contribution in [0.4, 0.5) is 11.6 Å². The number of anilines is 2. The van der Waals surface area contributed by atoms with Crippen molar-refractivity contribution in [3.05, 3.63) is 25.3 Å². The lowest BCUT2D eigenvalue weighted by atomic mass is 10.2. The first-order chi connectivity index (χ1) is 20.1. The molecule has 0 aliphatic carbocycles. The molecule has 0 saturated carbocycles. The molecule has 22 heteroatoms. The largest absolute Gasteiger partial charge is 0.472 e. The molecule has 20 nitrogen and oxygen atoms in total. The van der Waals surface area contributed by atoms with Crippen LogP contribution in [0.15, 0.2) is 25.3 Å². The van der Waals surface area contributed by atoms with Crippen LogP contribution in [0.2, 0.25) is 0 Å². The van der Waals surface area contributed by atoms with Crippen LogP contribution >= 0.6 is 15.6 Å². The second-order valence-electron chi connectivity index (χ2n) is 9.71. The van der Waals surface area contributed by atoms with Gasteiger partial charge >= 0.3 is 15.6 Å². The summed E-state index contributed by atoms with van der Waals surface area (Å²) >= 11 is 0. The van der Waals surface area contributed by atoms with Gasteiger partial charge in [-0.1, -0.05) is 0 Å². The normalized spacial score (nSPS) is 36.0. The molecule has 4 aromatic rings. The van der Waals surface area contributed by atoms with Crippen LogP contribution in [0.5, 0.6) is 0 Å². The maximum atomic E-state index is 13.0. The lowest BCUT2D eigenvalue weighted by molar-refractivity contribution is -0.0661. The van der Waals surface area contributed by atoms with E-state index >= 15 is 0 Å². The average molecular weight is 626 g/mol. The van der Waals surface area contributed by atoms with Crippen molar-refractivity contribution in [2.75, 3.05) is 24.7 Å². The van der Waals surface area contributed by atoms with Crippen LogP contribution < -0.4 is 11.5 Å². The number of nitrogen functional groups attached to an aromatic ring is 2. The van der Waals surface area contributed by atoms with Crippen LogP contribution in [-0.4, -0.2) is 86.5 Å². The van der Waals surface area contributed by atoms with Gasteiger partial charge in [0.25, 0.3) is 0 Å². The number of phosphoric acid groups is 2. The maximum Gasteiger partial charge on any atom is 0.472 e. The summed E-state index contributed by atoms with van der Waals surface area (Å²) in [5.41, 5.74) is 13.1. The standard InChI is InChI=1S/C20H24N10O10P2/c21-17-15-19(25-5-23-17)29(7-27-15)13-1-9-11(37-13)3-35-42(33,34)40-10-2-14(38-12(10)4-36-41(31,32)39-9)30-8-28-16-18(22)24-6-26-20(16)30/h5-14H,1-4H2,(H,31,32)(H,33,34)(H2,21,23,25)(H2,22,24,26)/t9-,10?,11-,12-,13-,14-/m1/s1. The number of imidazole rings is 2. The summed E-state index contributed by atoms with van der Waals surface area (Å²) in [5, 5.41) is 0. The number of rotatable bonds is 2. The van der Waals surface area contributed by atoms with Gasteiger partial charge in [0.2, 0.25) is 0 Å². The SMILES string of the molecule is Nc1ncnc2c1ncn2[C@H]1CC2OP(=O)(O)OC[C@H]3O[C@@H](n4cnc5c(N)ncnc54)C[C@H]3OP(=O)(O)OC[C@H]2O1. The van der Waals surface area contributed by atoms with Crippen molar-refractivity contribution in [2.24, 2.45) is 0 Å². The van der Waals surface area contributed by atoms with Crippen molar-refractivity contribution < 1.29 is 46.5 Å².